The maximum atomic E-state index is 11.9. The molecule has 0 amide bonds. The van der Waals surface area contributed by atoms with E-state index in [-0.39, 0.29) is 6.10 Å². The molecular formula is C20H18ClN3O2. The van der Waals surface area contributed by atoms with Crippen molar-refractivity contribution >= 4 is 11.6 Å². The molecule has 1 N–H and O–H groups in total. The Bertz CT molecular complexity index is 944. The second-order valence-electron chi connectivity index (χ2n) is 7.05. The fourth-order valence-electron chi connectivity index (χ4n) is 4.32. The van der Waals surface area contributed by atoms with Crippen molar-refractivity contribution in [3.63, 3.8) is 0 Å². The van der Waals surface area contributed by atoms with Gasteiger partial charge in [-0.15, -0.1) is 0 Å². The summed E-state index contributed by atoms with van der Waals surface area (Å²) in [5, 5.41) is 16.8. The Balaban J connectivity index is 1.60. The highest BCUT2D eigenvalue weighted by Gasteiger charge is 2.71. The van der Waals surface area contributed by atoms with Crippen LogP contribution in [0.3, 0.4) is 0 Å². The molecular weight excluding hydrogens is 350 g/mol. The minimum Gasteiger partial charge on any atom is -0.380 e. The molecule has 0 unspecified atom stereocenters. The van der Waals surface area contributed by atoms with Crippen molar-refractivity contribution in [3.8, 4) is 0 Å². The molecule has 1 aromatic heterocycles. The molecule has 2 heterocycles. The van der Waals surface area contributed by atoms with Crippen LogP contribution in [0.5, 0.6) is 0 Å². The topological polar surface area (TPSA) is 63.5 Å². The Hall–Kier alpha value is -2.21. The second kappa shape index (κ2) is 5.64. The first kappa shape index (κ1) is 16.0. The smallest absolute Gasteiger partial charge is 0.141 e. The molecule has 1 spiro atoms. The number of nitrogens with zero attached hydrogens (tertiary/aromatic N) is 3. The standard InChI is InChI=1S/C20H18ClN3O2/c21-16-7-5-15(6-8-16)18-20(26-18)10-9-14-3-1-2-4-17(14)19(20,25)11-24-13-22-12-23-24/h1-8,12-13,18,25H,9-11H2/t18-,19+,20+/m0/s1. The Morgan fingerprint density at radius 3 is 2.77 bits per heavy atom. The van der Waals surface area contributed by atoms with Crippen molar-refractivity contribution in [2.24, 2.45) is 0 Å². The number of halogens is 1. The Labute approximate surface area is 156 Å². The molecule has 0 bridgehead atoms. The summed E-state index contributed by atoms with van der Waals surface area (Å²) in [6.07, 6.45) is 4.57. The third kappa shape index (κ3) is 2.24. The van der Waals surface area contributed by atoms with Crippen LogP contribution in [0.4, 0.5) is 0 Å². The van der Waals surface area contributed by atoms with Crippen molar-refractivity contribution < 1.29 is 9.84 Å². The van der Waals surface area contributed by atoms with Crippen LogP contribution >= 0.6 is 11.6 Å². The van der Waals surface area contributed by atoms with Crippen LogP contribution < -0.4 is 0 Å². The van der Waals surface area contributed by atoms with Crippen LogP contribution in [0.25, 0.3) is 0 Å². The maximum Gasteiger partial charge on any atom is 0.141 e. The summed E-state index contributed by atoms with van der Waals surface area (Å²) in [5.41, 5.74) is 1.26. The highest BCUT2D eigenvalue weighted by Crippen LogP contribution is 2.64. The van der Waals surface area contributed by atoms with Crippen molar-refractivity contribution in [2.45, 2.75) is 36.7 Å². The molecule has 3 atom stereocenters. The number of aryl methyl sites for hydroxylation is 1. The van der Waals surface area contributed by atoms with E-state index in [0.29, 0.717) is 11.6 Å². The lowest BCUT2D eigenvalue weighted by molar-refractivity contribution is -0.0704. The van der Waals surface area contributed by atoms with Crippen molar-refractivity contribution in [3.05, 3.63) is 82.9 Å². The maximum absolute atomic E-state index is 11.9. The fourth-order valence-corrected chi connectivity index (χ4v) is 4.45. The predicted octanol–water partition coefficient (Wildman–Crippen LogP) is 3.28. The van der Waals surface area contributed by atoms with Gasteiger partial charge in [-0.1, -0.05) is 48.0 Å². The first-order chi connectivity index (χ1) is 12.6. The van der Waals surface area contributed by atoms with Gasteiger partial charge in [0.25, 0.3) is 0 Å². The molecule has 1 saturated heterocycles. The molecule has 1 aliphatic heterocycles. The number of aliphatic hydroxyl groups is 1. The largest absolute Gasteiger partial charge is 0.380 e. The predicted molar refractivity (Wildman–Crippen MR) is 96.7 cm³/mol. The van der Waals surface area contributed by atoms with Gasteiger partial charge >= 0.3 is 0 Å². The van der Waals surface area contributed by atoms with E-state index in [2.05, 4.69) is 16.1 Å². The number of hydrogen-bond acceptors (Lipinski definition) is 4. The van der Waals surface area contributed by atoms with E-state index >= 15 is 0 Å². The zero-order chi connectivity index (χ0) is 17.8. The molecule has 5 rings (SSSR count). The van der Waals surface area contributed by atoms with Crippen LogP contribution in [0, 0.1) is 0 Å². The third-order valence-corrected chi connectivity index (χ3v) is 5.91. The van der Waals surface area contributed by atoms with Gasteiger partial charge in [-0.3, -0.25) is 0 Å². The van der Waals surface area contributed by atoms with Gasteiger partial charge in [0, 0.05) is 5.02 Å². The highest BCUT2D eigenvalue weighted by atomic mass is 35.5. The molecule has 2 aromatic carbocycles. The number of ether oxygens (including phenoxy) is 1. The molecule has 5 nitrogen and oxygen atoms in total. The second-order valence-corrected chi connectivity index (χ2v) is 7.49. The molecule has 0 radical (unpaired) electrons. The summed E-state index contributed by atoms with van der Waals surface area (Å²) in [5.74, 6) is 0. The molecule has 2 aliphatic rings. The first-order valence-electron chi connectivity index (χ1n) is 8.69. The molecule has 132 valence electrons. The molecule has 0 saturated carbocycles. The van der Waals surface area contributed by atoms with Gasteiger partial charge < -0.3 is 9.84 Å². The number of epoxide rings is 1. The van der Waals surface area contributed by atoms with Gasteiger partial charge in [0.2, 0.25) is 0 Å². The molecule has 1 aliphatic carbocycles. The molecule has 1 fully saturated rings. The number of benzene rings is 2. The zero-order valence-electron chi connectivity index (χ0n) is 14.0. The van der Waals surface area contributed by atoms with E-state index in [9.17, 15) is 5.11 Å². The quantitative estimate of drug-likeness (QED) is 0.721. The monoisotopic (exact) mass is 367 g/mol. The SMILES string of the molecule is O[C@]1(Cn2cncn2)c2ccccc2CC[C@]12O[C@H]2c1ccc(Cl)cc1. The van der Waals surface area contributed by atoms with Gasteiger partial charge in [0.05, 0.1) is 6.54 Å². The lowest BCUT2D eigenvalue weighted by atomic mass is 9.68. The summed E-state index contributed by atoms with van der Waals surface area (Å²) >= 11 is 6.02. The number of aromatic nitrogens is 3. The first-order valence-corrected chi connectivity index (χ1v) is 9.07. The Morgan fingerprint density at radius 1 is 1.19 bits per heavy atom. The summed E-state index contributed by atoms with van der Waals surface area (Å²) in [6, 6.07) is 15.7. The van der Waals surface area contributed by atoms with Crippen molar-refractivity contribution in [2.75, 3.05) is 0 Å². The lowest BCUT2D eigenvalue weighted by Gasteiger charge is -2.40. The van der Waals surface area contributed by atoms with Crippen LogP contribution in [0.1, 0.15) is 29.2 Å². The Kier molecular flexibility index (Phi) is 3.47. The van der Waals surface area contributed by atoms with E-state index in [4.69, 9.17) is 16.3 Å². The molecule has 26 heavy (non-hydrogen) atoms. The van der Waals surface area contributed by atoms with Gasteiger partial charge in [0.1, 0.15) is 30.0 Å². The van der Waals surface area contributed by atoms with Crippen molar-refractivity contribution in [1.82, 2.24) is 14.8 Å². The summed E-state index contributed by atoms with van der Waals surface area (Å²) < 4.78 is 7.91. The van der Waals surface area contributed by atoms with E-state index in [1.165, 1.54) is 6.33 Å². The minimum atomic E-state index is -1.18. The fraction of sp³-hybridized carbons (Fsp3) is 0.300. The minimum absolute atomic E-state index is 0.165. The average molecular weight is 368 g/mol. The van der Waals surface area contributed by atoms with Crippen LogP contribution in [0.15, 0.2) is 61.2 Å². The number of hydrogen-bond donors (Lipinski definition) is 1. The molecule has 3 aromatic rings. The van der Waals surface area contributed by atoms with Gasteiger partial charge in [-0.05, 0) is 41.7 Å². The lowest BCUT2D eigenvalue weighted by Crippen LogP contribution is -2.50. The average Bonchev–Trinajstić information content (AvgIpc) is 3.17. The van der Waals surface area contributed by atoms with Crippen LogP contribution in [-0.4, -0.2) is 25.5 Å². The van der Waals surface area contributed by atoms with E-state index in [0.717, 1.165) is 29.5 Å². The number of rotatable bonds is 3. The third-order valence-electron chi connectivity index (χ3n) is 5.65. The van der Waals surface area contributed by atoms with Crippen LogP contribution in [0.2, 0.25) is 5.02 Å². The normalized spacial score (nSPS) is 29.5. The molecule has 6 heteroatoms. The Morgan fingerprint density at radius 2 is 2.00 bits per heavy atom. The van der Waals surface area contributed by atoms with E-state index < -0.39 is 11.2 Å². The van der Waals surface area contributed by atoms with Crippen molar-refractivity contribution in [1.29, 1.82) is 0 Å². The van der Waals surface area contributed by atoms with Gasteiger partial charge in [0.15, 0.2) is 0 Å². The zero-order valence-corrected chi connectivity index (χ0v) is 14.8. The summed E-state index contributed by atoms with van der Waals surface area (Å²) in [6.45, 7) is 0.300. The van der Waals surface area contributed by atoms with Gasteiger partial charge in [-0.2, -0.15) is 5.10 Å². The number of fused-ring (bicyclic) bond motifs is 1. The van der Waals surface area contributed by atoms with Crippen LogP contribution in [-0.2, 0) is 23.3 Å². The van der Waals surface area contributed by atoms with E-state index in [1.54, 1.807) is 11.0 Å². The van der Waals surface area contributed by atoms with Gasteiger partial charge in [-0.25, -0.2) is 9.67 Å². The van der Waals surface area contributed by atoms with E-state index in [1.807, 2.05) is 42.5 Å². The summed E-state index contributed by atoms with van der Waals surface area (Å²) in [7, 11) is 0. The highest BCUT2D eigenvalue weighted by molar-refractivity contribution is 6.30. The summed E-state index contributed by atoms with van der Waals surface area (Å²) in [4.78, 5) is 4.02.